The molecule has 112 valence electrons. The summed E-state index contributed by atoms with van der Waals surface area (Å²) in [5, 5.41) is 3.13. The van der Waals surface area contributed by atoms with Gasteiger partial charge < -0.3 is 15.0 Å². The molecular weight excluding hydrogens is 256 g/mol. The van der Waals surface area contributed by atoms with Crippen molar-refractivity contribution in [3.05, 3.63) is 18.1 Å². The Bertz CT molecular complexity index is 395. The number of ether oxygens (including phenoxy) is 1. The molecule has 0 radical (unpaired) electrons. The van der Waals surface area contributed by atoms with Gasteiger partial charge in [-0.25, -0.2) is 9.97 Å². The summed E-state index contributed by atoms with van der Waals surface area (Å²) in [6.45, 7) is 9.19. The van der Waals surface area contributed by atoms with Crippen LogP contribution >= 0.6 is 0 Å². The Labute approximate surface area is 120 Å². The Balaban J connectivity index is 2.60. The van der Waals surface area contributed by atoms with Gasteiger partial charge in [0, 0.05) is 26.2 Å². The molecule has 0 unspecified atom stereocenters. The average molecular weight is 280 g/mol. The lowest BCUT2D eigenvalue weighted by Crippen LogP contribution is -2.34. The van der Waals surface area contributed by atoms with Gasteiger partial charge in [-0.1, -0.05) is 6.92 Å². The molecule has 0 atom stereocenters. The van der Waals surface area contributed by atoms with Crippen LogP contribution in [0.5, 0.6) is 0 Å². The van der Waals surface area contributed by atoms with Crippen LogP contribution in [0.1, 0.15) is 37.7 Å². The molecule has 6 heteroatoms. The summed E-state index contributed by atoms with van der Waals surface area (Å²) in [4.78, 5) is 22.3. The van der Waals surface area contributed by atoms with Gasteiger partial charge in [-0.3, -0.25) is 4.79 Å². The van der Waals surface area contributed by atoms with Gasteiger partial charge in [0.05, 0.1) is 19.0 Å². The Hall–Kier alpha value is -1.69. The van der Waals surface area contributed by atoms with E-state index in [4.69, 9.17) is 4.74 Å². The molecule has 1 rings (SSSR count). The highest BCUT2D eigenvalue weighted by atomic mass is 16.5. The van der Waals surface area contributed by atoms with Crippen LogP contribution in [-0.4, -0.2) is 53.6 Å². The van der Waals surface area contributed by atoms with Gasteiger partial charge in [0.25, 0.3) is 5.91 Å². The molecule has 0 saturated heterocycles. The second-order valence-corrected chi connectivity index (χ2v) is 4.30. The van der Waals surface area contributed by atoms with Gasteiger partial charge in [-0.15, -0.1) is 0 Å². The van der Waals surface area contributed by atoms with E-state index in [9.17, 15) is 4.79 Å². The molecular formula is C14H24N4O2. The minimum Gasteiger partial charge on any atom is -0.380 e. The first-order chi connectivity index (χ1) is 9.72. The van der Waals surface area contributed by atoms with Gasteiger partial charge >= 0.3 is 0 Å². The van der Waals surface area contributed by atoms with Crippen molar-refractivity contribution in [3.63, 3.8) is 0 Å². The highest BCUT2D eigenvalue weighted by molar-refractivity contribution is 5.92. The van der Waals surface area contributed by atoms with Crippen molar-refractivity contribution in [2.75, 3.05) is 38.2 Å². The van der Waals surface area contributed by atoms with Crippen LogP contribution in [0, 0.1) is 0 Å². The number of rotatable bonds is 9. The van der Waals surface area contributed by atoms with Crippen molar-refractivity contribution in [3.8, 4) is 0 Å². The van der Waals surface area contributed by atoms with Crippen LogP contribution in [0.4, 0.5) is 5.82 Å². The maximum absolute atomic E-state index is 12.2. The zero-order valence-corrected chi connectivity index (χ0v) is 12.6. The van der Waals surface area contributed by atoms with Gasteiger partial charge in [0.2, 0.25) is 0 Å². The summed E-state index contributed by atoms with van der Waals surface area (Å²) in [6, 6.07) is 0. The lowest BCUT2D eigenvalue weighted by molar-refractivity contribution is 0.0663. The number of nitrogens with one attached hydrogen (secondary N) is 1. The van der Waals surface area contributed by atoms with E-state index >= 15 is 0 Å². The highest BCUT2D eigenvalue weighted by Gasteiger charge is 2.15. The standard InChI is InChI=1S/C14H24N4O2/c1-4-7-15-13-11-16-12(10-17-13)14(19)18(5-2)8-9-20-6-3/h10-11H,4-9H2,1-3H3,(H,15,17). The lowest BCUT2D eigenvalue weighted by atomic mass is 10.3. The largest absolute Gasteiger partial charge is 0.380 e. The fourth-order valence-electron chi connectivity index (χ4n) is 1.67. The first kappa shape index (κ1) is 16.4. The molecule has 0 spiro atoms. The van der Waals surface area contributed by atoms with Gasteiger partial charge in [0.15, 0.2) is 0 Å². The second-order valence-electron chi connectivity index (χ2n) is 4.30. The summed E-state index contributed by atoms with van der Waals surface area (Å²) >= 11 is 0. The molecule has 1 aromatic rings. The molecule has 6 nitrogen and oxygen atoms in total. The first-order valence-corrected chi connectivity index (χ1v) is 7.15. The van der Waals surface area contributed by atoms with Gasteiger partial charge in [-0.2, -0.15) is 0 Å². The number of likely N-dealkylation sites (N-methyl/N-ethyl adjacent to an activating group) is 1. The van der Waals surface area contributed by atoms with Gasteiger partial charge in [0.1, 0.15) is 11.5 Å². The number of amides is 1. The fraction of sp³-hybridized carbons (Fsp3) is 0.643. The molecule has 20 heavy (non-hydrogen) atoms. The highest BCUT2D eigenvalue weighted by Crippen LogP contribution is 2.04. The molecule has 0 aliphatic rings. The molecule has 0 aromatic carbocycles. The molecule has 1 N–H and O–H groups in total. The Kier molecular flexibility index (Phi) is 7.57. The summed E-state index contributed by atoms with van der Waals surface area (Å²) in [6.07, 6.45) is 4.13. The smallest absolute Gasteiger partial charge is 0.274 e. The second kappa shape index (κ2) is 9.25. The lowest BCUT2D eigenvalue weighted by Gasteiger charge is -2.20. The SMILES string of the molecule is CCCNc1cnc(C(=O)N(CC)CCOCC)cn1. The monoisotopic (exact) mass is 280 g/mol. The Morgan fingerprint density at radius 1 is 1.30 bits per heavy atom. The van der Waals surface area contributed by atoms with Crippen LogP contribution < -0.4 is 5.32 Å². The van der Waals surface area contributed by atoms with E-state index < -0.39 is 0 Å². The van der Waals surface area contributed by atoms with Crippen molar-refractivity contribution in [2.24, 2.45) is 0 Å². The topological polar surface area (TPSA) is 67.4 Å². The van der Waals surface area contributed by atoms with E-state index in [1.165, 1.54) is 6.20 Å². The van der Waals surface area contributed by atoms with Crippen LogP contribution in [0.15, 0.2) is 12.4 Å². The maximum Gasteiger partial charge on any atom is 0.274 e. The number of anilines is 1. The molecule has 1 amide bonds. The Morgan fingerprint density at radius 3 is 2.65 bits per heavy atom. The average Bonchev–Trinajstić information content (AvgIpc) is 2.49. The zero-order valence-electron chi connectivity index (χ0n) is 12.6. The van der Waals surface area contributed by atoms with Crippen molar-refractivity contribution in [2.45, 2.75) is 27.2 Å². The van der Waals surface area contributed by atoms with E-state index in [1.807, 2.05) is 13.8 Å². The molecule has 0 saturated carbocycles. The third-order valence-corrected chi connectivity index (χ3v) is 2.81. The van der Waals surface area contributed by atoms with E-state index in [0.717, 1.165) is 13.0 Å². The zero-order chi connectivity index (χ0) is 14.8. The van der Waals surface area contributed by atoms with Crippen LogP contribution in [-0.2, 0) is 4.74 Å². The van der Waals surface area contributed by atoms with E-state index in [1.54, 1.807) is 11.1 Å². The molecule has 0 bridgehead atoms. The third-order valence-electron chi connectivity index (χ3n) is 2.81. The molecule has 0 aliphatic heterocycles. The first-order valence-electron chi connectivity index (χ1n) is 7.15. The number of nitrogens with zero attached hydrogens (tertiary/aromatic N) is 3. The predicted molar refractivity (Wildman–Crippen MR) is 78.9 cm³/mol. The molecule has 1 heterocycles. The number of hydrogen-bond acceptors (Lipinski definition) is 5. The van der Waals surface area contributed by atoms with Crippen molar-refractivity contribution in [1.29, 1.82) is 0 Å². The Morgan fingerprint density at radius 2 is 2.10 bits per heavy atom. The van der Waals surface area contributed by atoms with Crippen LogP contribution in [0.2, 0.25) is 0 Å². The minimum absolute atomic E-state index is 0.109. The van der Waals surface area contributed by atoms with E-state index in [2.05, 4.69) is 22.2 Å². The van der Waals surface area contributed by atoms with Crippen molar-refractivity contribution in [1.82, 2.24) is 14.9 Å². The fourth-order valence-corrected chi connectivity index (χ4v) is 1.67. The number of carbonyl (C=O) groups is 1. The van der Waals surface area contributed by atoms with Crippen molar-refractivity contribution >= 4 is 11.7 Å². The van der Waals surface area contributed by atoms with Gasteiger partial charge in [-0.05, 0) is 20.3 Å². The molecule has 0 fully saturated rings. The normalized spacial score (nSPS) is 10.3. The van der Waals surface area contributed by atoms with E-state index in [0.29, 0.717) is 37.8 Å². The summed E-state index contributed by atoms with van der Waals surface area (Å²) in [5.41, 5.74) is 0.366. The number of hydrogen-bond donors (Lipinski definition) is 1. The maximum atomic E-state index is 12.2. The molecule has 1 aromatic heterocycles. The van der Waals surface area contributed by atoms with Crippen molar-refractivity contribution < 1.29 is 9.53 Å². The third kappa shape index (κ3) is 5.13. The number of aromatic nitrogens is 2. The van der Waals surface area contributed by atoms with E-state index in [-0.39, 0.29) is 5.91 Å². The quantitative estimate of drug-likeness (QED) is 0.699. The molecule has 0 aliphatic carbocycles. The predicted octanol–water partition coefficient (Wildman–Crippen LogP) is 1.80. The summed E-state index contributed by atoms with van der Waals surface area (Å²) in [5.74, 6) is 0.586. The van der Waals surface area contributed by atoms with Crippen LogP contribution in [0.25, 0.3) is 0 Å². The van der Waals surface area contributed by atoms with Crippen LogP contribution in [0.3, 0.4) is 0 Å². The number of carbonyl (C=O) groups excluding carboxylic acids is 1. The minimum atomic E-state index is -0.109. The summed E-state index contributed by atoms with van der Waals surface area (Å²) < 4.78 is 5.28. The summed E-state index contributed by atoms with van der Waals surface area (Å²) in [7, 11) is 0.